The maximum absolute atomic E-state index is 12.3. The number of aryl methyl sites for hydroxylation is 1. The largest absolute Gasteiger partial charge is 0.479 e. The van der Waals surface area contributed by atoms with Crippen LogP contribution < -0.4 is 5.32 Å². The smallest absolute Gasteiger partial charge is 0.334 e. The average Bonchev–Trinajstić information content (AvgIpc) is 2.91. The third-order valence-corrected chi connectivity index (χ3v) is 3.44. The summed E-state index contributed by atoms with van der Waals surface area (Å²) in [4.78, 5) is 27.9. The number of hydrogen-bond acceptors (Lipinski definition) is 4. The van der Waals surface area contributed by atoms with Gasteiger partial charge in [-0.05, 0) is 18.9 Å². The predicted octanol–water partition coefficient (Wildman–Crippen LogP) is 2.10. The van der Waals surface area contributed by atoms with Crippen molar-refractivity contribution in [2.75, 3.05) is 0 Å². The van der Waals surface area contributed by atoms with Gasteiger partial charge in [0, 0.05) is 0 Å². The first kappa shape index (κ1) is 14.8. The van der Waals surface area contributed by atoms with Crippen LogP contribution in [0.15, 0.2) is 41.1 Å². The van der Waals surface area contributed by atoms with Gasteiger partial charge in [0.2, 0.25) is 5.76 Å². The number of benzene rings is 1. The van der Waals surface area contributed by atoms with Crippen LogP contribution in [-0.2, 0) is 10.3 Å². The molecular formula is C15H16N2O4. The van der Waals surface area contributed by atoms with Gasteiger partial charge in [0.1, 0.15) is 0 Å². The molecule has 2 rings (SSSR count). The Morgan fingerprint density at radius 2 is 2.00 bits per heavy atom. The van der Waals surface area contributed by atoms with Crippen molar-refractivity contribution in [1.82, 2.24) is 10.3 Å². The number of nitrogens with zero attached hydrogens (tertiary/aromatic N) is 1. The molecule has 0 spiro atoms. The normalized spacial score (nSPS) is 13.4. The molecule has 0 aliphatic carbocycles. The molecule has 0 saturated heterocycles. The van der Waals surface area contributed by atoms with E-state index in [0.29, 0.717) is 11.3 Å². The summed E-state index contributed by atoms with van der Waals surface area (Å²) in [5.41, 5.74) is -0.584. The molecule has 1 amide bonds. The van der Waals surface area contributed by atoms with Crippen molar-refractivity contribution in [3.63, 3.8) is 0 Å². The van der Waals surface area contributed by atoms with Crippen molar-refractivity contribution in [3.8, 4) is 0 Å². The molecule has 0 radical (unpaired) electrons. The van der Waals surface area contributed by atoms with E-state index in [1.807, 2.05) is 0 Å². The van der Waals surface area contributed by atoms with E-state index in [0.717, 1.165) is 6.39 Å². The zero-order valence-corrected chi connectivity index (χ0v) is 11.8. The maximum Gasteiger partial charge on any atom is 0.334 e. The highest BCUT2D eigenvalue weighted by Crippen LogP contribution is 2.26. The zero-order chi connectivity index (χ0) is 15.5. The van der Waals surface area contributed by atoms with Gasteiger partial charge in [-0.15, -0.1) is 0 Å². The Balaban J connectivity index is 2.41. The zero-order valence-electron chi connectivity index (χ0n) is 11.8. The first-order chi connectivity index (χ1) is 10.0. The van der Waals surface area contributed by atoms with Crippen molar-refractivity contribution in [3.05, 3.63) is 53.7 Å². The Kier molecular flexibility index (Phi) is 4.07. The number of nitrogens with one attached hydrogen (secondary N) is 1. The van der Waals surface area contributed by atoms with Gasteiger partial charge >= 0.3 is 5.97 Å². The third kappa shape index (κ3) is 2.65. The molecule has 1 heterocycles. The molecule has 1 unspecified atom stereocenters. The number of aliphatic carboxylic acids is 1. The fraction of sp³-hybridized carbons (Fsp3) is 0.267. The summed E-state index contributed by atoms with van der Waals surface area (Å²) in [6.45, 7) is 3.32. The number of carbonyl (C=O) groups excluding carboxylic acids is 1. The Morgan fingerprint density at radius 1 is 1.33 bits per heavy atom. The van der Waals surface area contributed by atoms with E-state index in [-0.39, 0.29) is 12.2 Å². The van der Waals surface area contributed by atoms with Gasteiger partial charge in [-0.3, -0.25) is 4.79 Å². The first-order valence-corrected chi connectivity index (χ1v) is 6.52. The minimum absolute atomic E-state index is 0.0185. The Labute approximate surface area is 121 Å². The van der Waals surface area contributed by atoms with Gasteiger partial charge in [0.05, 0.1) is 5.69 Å². The average molecular weight is 288 g/mol. The monoisotopic (exact) mass is 288 g/mol. The summed E-state index contributed by atoms with van der Waals surface area (Å²) in [5, 5.41) is 12.2. The van der Waals surface area contributed by atoms with Crippen LogP contribution in [-0.4, -0.2) is 22.0 Å². The number of carboxylic acid groups (broad SMARTS) is 1. The van der Waals surface area contributed by atoms with Gasteiger partial charge in [-0.2, -0.15) is 0 Å². The van der Waals surface area contributed by atoms with Crippen molar-refractivity contribution in [1.29, 1.82) is 0 Å². The molecule has 0 fully saturated rings. The topological polar surface area (TPSA) is 92.4 Å². The van der Waals surface area contributed by atoms with Crippen LogP contribution in [0.1, 0.15) is 35.2 Å². The molecule has 110 valence electrons. The lowest BCUT2D eigenvalue weighted by Gasteiger charge is -2.29. The predicted molar refractivity (Wildman–Crippen MR) is 74.8 cm³/mol. The second kappa shape index (κ2) is 5.78. The van der Waals surface area contributed by atoms with Crippen LogP contribution in [0.5, 0.6) is 0 Å². The lowest BCUT2D eigenvalue weighted by molar-refractivity contribution is -0.145. The number of oxazole rings is 1. The molecule has 6 heteroatoms. The van der Waals surface area contributed by atoms with Crippen LogP contribution in [0.25, 0.3) is 0 Å². The molecule has 2 aromatic rings. The third-order valence-electron chi connectivity index (χ3n) is 3.44. The van der Waals surface area contributed by atoms with Crippen LogP contribution >= 0.6 is 0 Å². The lowest BCUT2D eigenvalue weighted by atomic mass is 9.87. The number of carbonyl (C=O) groups is 2. The van der Waals surface area contributed by atoms with Crippen molar-refractivity contribution in [2.24, 2.45) is 0 Å². The molecule has 0 aliphatic heterocycles. The minimum atomic E-state index is -1.50. The number of hydrogen-bond donors (Lipinski definition) is 2. The van der Waals surface area contributed by atoms with E-state index >= 15 is 0 Å². The highest BCUT2D eigenvalue weighted by atomic mass is 16.4. The van der Waals surface area contributed by atoms with E-state index in [2.05, 4.69) is 10.3 Å². The Morgan fingerprint density at radius 3 is 2.48 bits per heavy atom. The van der Waals surface area contributed by atoms with E-state index < -0.39 is 17.4 Å². The summed E-state index contributed by atoms with van der Waals surface area (Å²) in [6.07, 6.45) is 1.35. The van der Waals surface area contributed by atoms with E-state index in [1.54, 1.807) is 44.2 Å². The van der Waals surface area contributed by atoms with Gasteiger partial charge in [0.25, 0.3) is 5.91 Å². The molecule has 1 aromatic carbocycles. The van der Waals surface area contributed by atoms with Gasteiger partial charge in [0.15, 0.2) is 11.9 Å². The van der Waals surface area contributed by atoms with Crippen LogP contribution in [0.4, 0.5) is 0 Å². The number of aromatic nitrogens is 1. The molecular weight excluding hydrogens is 272 g/mol. The van der Waals surface area contributed by atoms with Crippen molar-refractivity contribution >= 4 is 11.9 Å². The highest BCUT2D eigenvalue weighted by molar-refractivity contribution is 5.96. The van der Waals surface area contributed by atoms with Gasteiger partial charge < -0.3 is 14.8 Å². The molecule has 0 saturated carbocycles. The fourth-order valence-corrected chi connectivity index (χ4v) is 2.19. The SMILES string of the molecule is CCC(NC(=O)c1ocnc1C)(C(=O)O)c1ccccc1. The first-order valence-electron chi connectivity index (χ1n) is 6.52. The van der Waals surface area contributed by atoms with E-state index in [1.165, 1.54) is 0 Å². The quantitative estimate of drug-likeness (QED) is 0.879. The summed E-state index contributed by atoms with van der Waals surface area (Å²) < 4.78 is 5.02. The number of rotatable bonds is 5. The second-order valence-electron chi connectivity index (χ2n) is 4.65. The van der Waals surface area contributed by atoms with E-state index in [4.69, 9.17) is 4.42 Å². The maximum atomic E-state index is 12.3. The van der Waals surface area contributed by atoms with Gasteiger partial charge in [-0.25, -0.2) is 9.78 Å². The standard InChI is InChI=1S/C15H16N2O4/c1-3-15(14(19)20,11-7-5-4-6-8-11)17-13(18)12-10(2)16-9-21-12/h4-9H,3H2,1-2H3,(H,17,18)(H,19,20). The summed E-state index contributed by atoms with van der Waals surface area (Å²) >= 11 is 0. The Hall–Kier alpha value is -2.63. The fourth-order valence-electron chi connectivity index (χ4n) is 2.19. The highest BCUT2D eigenvalue weighted by Gasteiger charge is 2.41. The second-order valence-corrected chi connectivity index (χ2v) is 4.65. The summed E-state index contributed by atoms with van der Waals surface area (Å²) in [5.74, 6) is -1.70. The van der Waals surface area contributed by atoms with Crippen molar-refractivity contribution < 1.29 is 19.1 Å². The lowest BCUT2D eigenvalue weighted by Crippen LogP contribution is -2.51. The minimum Gasteiger partial charge on any atom is -0.479 e. The van der Waals surface area contributed by atoms with Crippen molar-refractivity contribution in [2.45, 2.75) is 25.8 Å². The summed E-state index contributed by atoms with van der Waals surface area (Å²) in [6, 6.07) is 8.59. The van der Waals surface area contributed by atoms with Gasteiger partial charge in [-0.1, -0.05) is 37.3 Å². The van der Waals surface area contributed by atoms with Crippen LogP contribution in [0.3, 0.4) is 0 Å². The summed E-state index contributed by atoms with van der Waals surface area (Å²) in [7, 11) is 0. The molecule has 2 N–H and O–H groups in total. The molecule has 0 aliphatic rings. The molecule has 1 atom stereocenters. The van der Waals surface area contributed by atoms with Crippen LogP contribution in [0, 0.1) is 6.92 Å². The Bertz CT molecular complexity index is 651. The number of amides is 1. The van der Waals surface area contributed by atoms with E-state index in [9.17, 15) is 14.7 Å². The molecule has 1 aromatic heterocycles. The molecule has 21 heavy (non-hydrogen) atoms. The number of carboxylic acids is 1. The molecule has 6 nitrogen and oxygen atoms in total. The molecule has 0 bridgehead atoms. The van der Waals surface area contributed by atoms with Crippen LogP contribution in [0.2, 0.25) is 0 Å².